The molecule has 1 N–H and O–H groups in total. The van der Waals surface area contributed by atoms with E-state index in [0.717, 1.165) is 0 Å². The normalized spacial score (nSPS) is 16.0. The third-order valence-corrected chi connectivity index (χ3v) is 2.95. The predicted molar refractivity (Wildman–Crippen MR) is 62.2 cm³/mol. The number of nitrogens with zero attached hydrogens (tertiary/aromatic N) is 1. The molecule has 0 spiro atoms. The molecule has 0 unspecified atom stereocenters. The van der Waals surface area contributed by atoms with Crippen LogP contribution in [0.5, 0.6) is 0 Å². The second-order valence-electron chi connectivity index (χ2n) is 3.91. The van der Waals surface area contributed by atoms with Gasteiger partial charge in [0.15, 0.2) is 0 Å². The lowest BCUT2D eigenvalue weighted by molar-refractivity contribution is 0.949. The molecule has 1 fully saturated rings. The molecule has 0 radical (unpaired) electrons. The SMILES string of the molecule is CNc1c(C)cccc1N1CCCC1. The van der Waals surface area contributed by atoms with Crippen molar-refractivity contribution in [3.63, 3.8) is 0 Å². The van der Waals surface area contributed by atoms with Crippen LogP contribution in [0.2, 0.25) is 0 Å². The Kier molecular flexibility index (Phi) is 2.62. The molecule has 0 aliphatic carbocycles. The monoisotopic (exact) mass is 190 g/mol. The number of para-hydroxylation sites is 1. The van der Waals surface area contributed by atoms with E-state index in [-0.39, 0.29) is 0 Å². The van der Waals surface area contributed by atoms with Crippen molar-refractivity contribution in [2.75, 3.05) is 30.4 Å². The fraction of sp³-hybridized carbons (Fsp3) is 0.500. The third kappa shape index (κ3) is 1.57. The molecule has 0 atom stereocenters. The molecule has 1 aromatic carbocycles. The Hall–Kier alpha value is -1.18. The van der Waals surface area contributed by atoms with Crippen molar-refractivity contribution < 1.29 is 0 Å². The van der Waals surface area contributed by atoms with E-state index >= 15 is 0 Å². The van der Waals surface area contributed by atoms with E-state index in [2.05, 4.69) is 35.3 Å². The van der Waals surface area contributed by atoms with Gasteiger partial charge in [-0.05, 0) is 31.4 Å². The Balaban J connectivity index is 2.35. The van der Waals surface area contributed by atoms with Crippen molar-refractivity contribution >= 4 is 11.4 Å². The van der Waals surface area contributed by atoms with Gasteiger partial charge in [-0.15, -0.1) is 0 Å². The van der Waals surface area contributed by atoms with Crippen LogP contribution in [0.25, 0.3) is 0 Å². The van der Waals surface area contributed by atoms with Crippen LogP contribution >= 0.6 is 0 Å². The fourth-order valence-corrected chi connectivity index (χ4v) is 2.20. The summed E-state index contributed by atoms with van der Waals surface area (Å²) in [6.45, 7) is 4.57. The minimum atomic E-state index is 1.21. The summed E-state index contributed by atoms with van der Waals surface area (Å²) in [5.74, 6) is 0. The van der Waals surface area contributed by atoms with Crippen molar-refractivity contribution in [1.82, 2.24) is 0 Å². The van der Waals surface area contributed by atoms with Crippen LogP contribution in [0.4, 0.5) is 11.4 Å². The van der Waals surface area contributed by atoms with Crippen LogP contribution < -0.4 is 10.2 Å². The maximum Gasteiger partial charge on any atom is 0.0605 e. The number of nitrogens with one attached hydrogen (secondary N) is 1. The minimum Gasteiger partial charge on any atom is -0.386 e. The quantitative estimate of drug-likeness (QED) is 0.771. The summed E-state index contributed by atoms with van der Waals surface area (Å²) in [7, 11) is 2.00. The fourth-order valence-electron chi connectivity index (χ4n) is 2.20. The highest BCUT2D eigenvalue weighted by molar-refractivity contribution is 5.73. The first-order valence-corrected chi connectivity index (χ1v) is 5.35. The molecule has 76 valence electrons. The van der Waals surface area contributed by atoms with Crippen molar-refractivity contribution in [3.8, 4) is 0 Å². The van der Waals surface area contributed by atoms with Crippen molar-refractivity contribution in [3.05, 3.63) is 23.8 Å². The number of anilines is 2. The smallest absolute Gasteiger partial charge is 0.0605 e. The molecular formula is C12H18N2. The summed E-state index contributed by atoms with van der Waals surface area (Å²) >= 11 is 0. The second-order valence-corrected chi connectivity index (χ2v) is 3.91. The Labute approximate surface area is 85.9 Å². The van der Waals surface area contributed by atoms with Crippen molar-refractivity contribution in [2.45, 2.75) is 19.8 Å². The highest BCUT2D eigenvalue weighted by Gasteiger charge is 2.15. The van der Waals surface area contributed by atoms with E-state index in [4.69, 9.17) is 0 Å². The molecule has 2 nitrogen and oxygen atoms in total. The zero-order chi connectivity index (χ0) is 9.97. The minimum absolute atomic E-state index is 1.21. The van der Waals surface area contributed by atoms with Crippen LogP contribution in [0, 0.1) is 6.92 Å². The van der Waals surface area contributed by atoms with E-state index in [1.54, 1.807) is 0 Å². The van der Waals surface area contributed by atoms with Crippen LogP contribution in [-0.4, -0.2) is 20.1 Å². The lowest BCUT2D eigenvalue weighted by Gasteiger charge is -2.22. The zero-order valence-electron chi connectivity index (χ0n) is 9.01. The highest BCUT2D eigenvalue weighted by atomic mass is 15.2. The molecule has 0 saturated carbocycles. The molecular weight excluding hydrogens is 172 g/mol. The molecule has 2 rings (SSSR count). The van der Waals surface area contributed by atoms with Gasteiger partial charge in [-0.2, -0.15) is 0 Å². The Morgan fingerprint density at radius 1 is 1.21 bits per heavy atom. The summed E-state index contributed by atoms with van der Waals surface area (Å²) in [6.07, 6.45) is 2.66. The number of benzene rings is 1. The molecule has 2 heteroatoms. The molecule has 1 heterocycles. The van der Waals surface area contributed by atoms with Gasteiger partial charge in [0.2, 0.25) is 0 Å². The topological polar surface area (TPSA) is 15.3 Å². The van der Waals surface area contributed by atoms with Gasteiger partial charge in [0.25, 0.3) is 0 Å². The number of hydrogen-bond donors (Lipinski definition) is 1. The van der Waals surface area contributed by atoms with E-state index in [9.17, 15) is 0 Å². The van der Waals surface area contributed by atoms with E-state index < -0.39 is 0 Å². The first-order chi connectivity index (χ1) is 6.83. The lowest BCUT2D eigenvalue weighted by Crippen LogP contribution is -2.19. The molecule has 0 amide bonds. The first kappa shape index (κ1) is 9.38. The Morgan fingerprint density at radius 2 is 1.93 bits per heavy atom. The van der Waals surface area contributed by atoms with E-state index in [1.165, 1.54) is 42.9 Å². The molecule has 1 aliphatic rings. The van der Waals surface area contributed by atoms with E-state index in [0.29, 0.717) is 0 Å². The maximum atomic E-state index is 3.30. The third-order valence-electron chi connectivity index (χ3n) is 2.95. The van der Waals surface area contributed by atoms with Gasteiger partial charge in [-0.1, -0.05) is 12.1 Å². The van der Waals surface area contributed by atoms with Gasteiger partial charge in [-0.25, -0.2) is 0 Å². The molecule has 14 heavy (non-hydrogen) atoms. The van der Waals surface area contributed by atoms with Crippen LogP contribution in [-0.2, 0) is 0 Å². The van der Waals surface area contributed by atoms with Gasteiger partial charge in [0.1, 0.15) is 0 Å². The second kappa shape index (κ2) is 3.91. The maximum absolute atomic E-state index is 3.30. The van der Waals surface area contributed by atoms with Crippen LogP contribution in [0.15, 0.2) is 18.2 Å². The highest BCUT2D eigenvalue weighted by Crippen LogP contribution is 2.30. The summed E-state index contributed by atoms with van der Waals surface area (Å²) in [5, 5.41) is 3.30. The predicted octanol–water partition coefficient (Wildman–Crippen LogP) is 2.64. The first-order valence-electron chi connectivity index (χ1n) is 5.35. The summed E-state index contributed by atoms with van der Waals surface area (Å²) in [5.41, 5.74) is 3.98. The van der Waals surface area contributed by atoms with Crippen molar-refractivity contribution in [2.24, 2.45) is 0 Å². The molecule has 0 bridgehead atoms. The van der Waals surface area contributed by atoms with Gasteiger partial charge >= 0.3 is 0 Å². The molecule has 1 saturated heterocycles. The number of aryl methyl sites for hydroxylation is 1. The van der Waals surface area contributed by atoms with Gasteiger partial charge in [0, 0.05) is 20.1 Å². The van der Waals surface area contributed by atoms with Gasteiger partial charge < -0.3 is 10.2 Å². The summed E-state index contributed by atoms with van der Waals surface area (Å²) < 4.78 is 0. The summed E-state index contributed by atoms with van der Waals surface area (Å²) in [4.78, 5) is 2.47. The molecule has 0 aromatic heterocycles. The van der Waals surface area contributed by atoms with Crippen LogP contribution in [0.1, 0.15) is 18.4 Å². The van der Waals surface area contributed by atoms with Crippen LogP contribution in [0.3, 0.4) is 0 Å². The number of hydrogen-bond acceptors (Lipinski definition) is 2. The lowest BCUT2D eigenvalue weighted by atomic mass is 10.1. The van der Waals surface area contributed by atoms with Gasteiger partial charge in [0.05, 0.1) is 11.4 Å². The Bertz CT molecular complexity index is 314. The Morgan fingerprint density at radius 3 is 2.57 bits per heavy atom. The van der Waals surface area contributed by atoms with E-state index in [1.807, 2.05) is 7.05 Å². The summed E-state index contributed by atoms with van der Waals surface area (Å²) in [6, 6.07) is 6.51. The average molecular weight is 190 g/mol. The zero-order valence-corrected chi connectivity index (χ0v) is 9.01. The van der Waals surface area contributed by atoms with Gasteiger partial charge in [-0.3, -0.25) is 0 Å². The average Bonchev–Trinajstić information content (AvgIpc) is 2.70. The van der Waals surface area contributed by atoms with Crippen molar-refractivity contribution in [1.29, 1.82) is 0 Å². The molecule has 1 aliphatic heterocycles. The largest absolute Gasteiger partial charge is 0.386 e. The number of rotatable bonds is 2. The molecule has 1 aromatic rings. The standard InChI is InChI=1S/C12H18N2/c1-10-6-5-7-11(12(10)13-2)14-8-3-4-9-14/h5-7,13H,3-4,8-9H2,1-2H3.